The molecule has 0 radical (unpaired) electrons. The van der Waals surface area contributed by atoms with Crippen LogP contribution in [0.2, 0.25) is 0 Å². The molecule has 1 N–H and O–H groups in total. The third-order valence-corrected chi connectivity index (χ3v) is 4.37. The molecule has 2 atom stereocenters. The summed E-state index contributed by atoms with van der Waals surface area (Å²) in [4.78, 5) is 30.5. The summed E-state index contributed by atoms with van der Waals surface area (Å²) in [6, 6.07) is 9.03. The van der Waals surface area contributed by atoms with Gasteiger partial charge in [0.15, 0.2) is 5.82 Å². The van der Waals surface area contributed by atoms with Gasteiger partial charge in [-0.25, -0.2) is 0 Å². The predicted octanol–water partition coefficient (Wildman–Crippen LogP) is 2.31. The van der Waals surface area contributed by atoms with Crippen LogP contribution in [0.1, 0.15) is 55.5 Å². The molecule has 1 aromatic heterocycles. The van der Waals surface area contributed by atoms with Crippen molar-refractivity contribution in [1.29, 1.82) is 0 Å². The monoisotopic (exact) mass is 342 g/mol. The van der Waals surface area contributed by atoms with Crippen LogP contribution < -0.4 is 5.32 Å². The number of nitrogens with zero attached hydrogens (tertiary/aromatic N) is 3. The van der Waals surface area contributed by atoms with Crippen molar-refractivity contribution in [2.45, 2.75) is 45.2 Å². The Kier molecular flexibility index (Phi) is 5.11. The van der Waals surface area contributed by atoms with Crippen LogP contribution in [0, 0.1) is 6.92 Å². The minimum absolute atomic E-state index is 0.0208. The summed E-state index contributed by atoms with van der Waals surface area (Å²) < 4.78 is 5.05. The molecule has 25 heavy (non-hydrogen) atoms. The van der Waals surface area contributed by atoms with Crippen molar-refractivity contribution in [2.75, 3.05) is 6.54 Å². The molecule has 1 aliphatic rings. The summed E-state index contributed by atoms with van der Waals surface area (Å²) >= 11 is 0. The molecule has 0 spiro atoms. The van der Waals surface area contributed by atoms with E-state index in [4.69, 9.17) is 4.52 Å². The van der Waals surface area contributed by atoms with E-state index in [0.717, 1.165) is 18.4 Å². The molecule has 0 unspecified atom stereocenters. The number of carbonyl (C=O) groups excluding carboxylic acids is 2. The molecule has 1 aliphatic heterocycles. The smallest absolute Gasteiger partial charge is 0.225 e. The van der Waals surface area contributed by atoms with Crippen molar-refractivity contribution in [1.82, 2.24) is 20.4 Å². The Labute approximate surface area is 146 Å². The molecule has 2 amide bonds. The average Bonchev–Trinajstić information content (AvgIpc) is 3.23. The quantitative estimate of drug-likeness (QED) is 0.901. The largest absolute Gasteiger partial charge is 0.349 e. The van der Waals surface area contributed by atoms with Crippen molar-refractivity contribution in [2.24, 2.45) is 0 Å². The molecule has 7 heteroatoms. The van der Waals surface area contributed by atoms with Crippen molar-refractivity contribution < 1.29 is 14.1 Å². The van der Waals surface area contributed by atoms with Gasteiger partial charge in [-0.3, -0.25) is 9.59 Å². The molecule has 1 aromatic carbocycles. The highest BCUT2D eigenvalue weighted by molar-refractivity contribution is 5.79. The van der Waals surface area contributed by atoms with Crippen molar-refractivity contribution in [3.8, 4) is 0 Å². The van der Waals surface area contributed by atoms with E-state index < -0.39 is 0 Å². The minimum Gasteiger partial charge on any atom is -0.349 e. The molecule has 0 saturated carbocycles. The first-order chi connectivity index (χ1) is 12.0. The molecular formula is C18H22N4O3. The van der Waals surface area contributed by atoms with Crippen LogP contribution in [0.25, 0.3) is 0 Å². The van der Waals surface area contributed by atoms with Gasteiger partial charge in [0.05, 0.1) is 18.5 Å². The molecule has 0 bridgehead atoms. The van der Waals surface area contributed by atoms with Gasteiger partial charge in [-0.2, -0.15) is 4.98 Å². The first-order valence-corrected chi connectivity index (χ1v) is 8.46. The second kappa shape index (κ2) is 7.46. The fraction of sp³-hybridized carbons (Fsp3) is 0.444. The zero-order chi connectivity index (χ0) is 17.8. The van der Waals surface area contributed by atoms with E-state index in [1.165, 1.54) is 6.92 Å². The maximum atomic E-state index is 12.9. The highest BCUT2D eigenvalue weighted by Gasteiger charge is 2.34. The van der Waals surface area contributed by atoms with Crippen LogP contribution in [0.15, 0.2) is 34.9 Å². The second-order valence-corrected chi connectivity index (χ2v) is 6.28. The number of hydrogen-bond acceptors (Lipinski definition) is 5. The maximum Gasteiger partial charge on any atom is 0.225 e. The van der Waals surface area contributed by atoms with Crippen LogP contribution in [0.3, 0.4) is 0 Å². The molecule has 1 fully saturated rings. The first-order valence-electron chi connectivity index (χ1n) is 8.46. The summed E-state index contributed by atoms with van der Waals surface area (Å²) in [5.41, 5.74) is 0.914. The zero-order valence-electron chi connectivity index (χ0n) is 14.4. The Morgan fingerprint density at radius 3 is 2.76 bits per heavy atom. The van der Waals surface area contributed by atoms with Gasteiger partial charge in [0, 0.05) is 20.4 Å². The molecule has 2 heterocycles. The van der Waals surface area contributed by atoms with Crippen LogP contribution in [-0.2, 0) is 9.59 Å². The normalized spacial score (nSPS) is 18.2. The maximum absolute atomic E-state index is 12.9. The molecule has 3 rings (SSSR count). The van der Waals surface area contributed by atoms with Gasteiger partial charge in [0.25, 0.3) is 0 Å². The van der Waals surface area contributed by atoms with Crippen LogP contribution in [0.5, 0.6) is 0 Å². The standard InChI is InChI=1S/C18H22N4O3/c1-12(23)19-15(14-7-4-3-5-8-14)11-17(24)22-10-6-9-16(22)18-20-13(2)25-21-18/h3-5,7-8,15-16H,6,9-11H2,1-2H3,(H,19,23)/t15-,16+/m0/s1. The fourth-order valence-corrected chi connectivity index (χ4v) is 3.26. The SMILES string of the molecule is CC(=O)N[C@@H](CC(=O)N1CCC[C@@H]1c1noc(C)n1)c1ccccc1. The van der Waals surface area contributed by atoms with Gasteiger partial charge in [0.1, 0.15) is 0 Å². The van der Waals surface area contributed by atoms with Gasteiger partial charge < -0.3 is 14.7 Å². The highest BCUT2D eigenvalue weighted by atomic mass is 16.5. The summed E-state index contributed by atoms with van der Waals surface area (Å²) in [5.74, 6) is 0.870. The second-order valence-electron chi connectivity index (χ2n) is 6.28. The number of hydrogen-bond donors (Lipinski definition) is 1. The van der Waals surface area contributed by atoms with Gasteiger partial charge in [-0.05, 0) is 18.4 Å². The topological polar surface area (TPSA) is 88.3 Å². The number of likely N-dealkylation sites (tertiary alicyclic amines) is 1. The molecule has 132 valence electrons. The molecule has 2 aromatic rings. The highest BCUT2D eigenvalue weighted by Crippen LogP contribution is 2.32. The van der Waals surface area contributed by atoms with Crippen LogP contribution >= 0.6 is 0 Å². The molecule has 7 nitrogen and oxygen atoms in total. The first kappa shape index (κ1) is 17.1. The van der Waals surface area contributed by atoms with Gasteiger partial charge in [-0.15, -0.1) is 0 Å². The average molecular weight is 342 g/mol. The predicted molar refractivity (Wildman–Crippen MR) is 90.3 cm³/mol. The number of nitrogens with one attached hydrogen (secondary N) is 1. The van der Waals surface area contributed by atoms with Gasteiger partial charge >= 0.3 is 0 Å². The van der Waals surface area contributed by atoms with Gasteiger partial charge in [0.2, 0.25) is 17.7 Å². The molecule has 0 aliphatic carbocycles. The lowest BCUT2D eigenvalue weighted by Gasteiger charge is -2.25. The summed E-state index contributed by atoms with van der Waals surface area (Å²) in [6.45, 7) is 3.86. The van der Waals surface area contributed by atoms with Crippen LogP contribution in [-0.4, -0.2) is 33.4 Å². The third-order valence-electron chi connectivity index (χ3n) is 4.37. The molecule has 1 saturated heterocycles. The number of benzene rings is 1. The third kappa shape index (κ3) is 4.04. The Morgan fingerprint density at radius 2 is 2.12 bits per heavy atom. The van der Waals surface area contributed by atoms with E-state index in [1.54, 1.807) is 11.8 Å². The number of aryl methyl sites for hydroxylation is 1. The lowest BCUT2D eigenvalue weighted by atomic mass is 10.0. The number of rotatable bonds is 5. The van der Waals surface area contributed by atoms with Crippen LogP contribution in [0.4, 0.5) is 0 Å². The summed E-state index contributed by atoms with van der Waals surface area (Å²) in [5, 5.41) is 6.84. The Morgan fingerprint density at radius 1 is 1.36 bits per heavy atom. The Balaban J connectivity index is 1.75. The van der Waals surface area contributed by atoms with E-state index >= 15 is 0 Å². The van der Waals surface area contributed by atoms with E-state index in [-0.39, 0.29) is 30.3 Å². The Bertz CT molecular complexity index is 744. The number of amides is 2. The van der Waals surface area contributed by atoms with Crippen molar-refractivity contribution in [3.63, 3.8) is 0 Å². The molecular weight excluding hydrogens is 320 g/mol. The number of aromatic nitrogens is 2. The zero-order valence-corrected chi connectivity index (χ0v) is 14.4. The van der Waals surface area contributed by atoms with E-state index in [0.29, 0.717) is 18.3 Å². The summed E-state index contributed by atoms with van der Waals surface area (Å²) in [6.07, 6.45) is 1.93. The minimum atomic E-state index is -0.348. The van der Waals surface area contributed by atoms with Crippen molar-refractivity contribution >= 4 is 11.8 Å². The lowest BCUT2D eigenvalue weighted by Crippen LogP contribution is -2.36. The fourth-order valence-electron chi connectivity index (χ4n) is 3.26. The van der Waals surface area contributed by atoms with E-state index in [2.05, 4.69) is 15.5 Å². The van der Waals surface area contributed by atoms with Crippen molar-refractivity contribution in [3.05, 3.63) is 47.6 Å². The lowest BCUT2D eigenvalue weighted by molar-refractivity contribution is -0.133. The Hall–Kier alpha value is -2.70. The van der Waals surface area contributed by atoms with Gasteiger partial charge in [-0.1, -0.05) is 35.5 Å². The number of carbonyl (C=O) groups is 2. The van der Waals surface area contributed by atoms with E-state index in [1.807, 2.05) is 30.3 Å². The summed E-state index contributed by atoms with van der Waals surface area (Å²) in [7, 11) is 0. The van der Waals surface area contributed by atoms with E-state index in [9.17, 15) is 9.59 Å².